The predicted octanol–water partition coefficient (Wildman–Crippen LogP) is 1.48. The van der Waals surface area contributed by atoms with Gasteiger partial charge in [-0.15, -0.1) is 0 Å². The summed E-state index contributed by atoms with van der Waals surface area (Å²) < 4.78 is 25.5. The van der Waals surface area contributed by atoms with Crippen LogP contribution in [0.3, 0.4) is 0 Å². The molecule has 1 aromatic rings. The number of benzene rings is 1. The van der Waals surface area contributed by atoms with Crippen LogP contribution in [0.25, 0.3) is 0 Å². The van der Waals surface area contributed by atoms with Gasteiger partial charge in [-0.25, -0.2) is 8.78 Å². The van der Waals surface area contributed by atoms with Crippen LogP contribution < -0.4 is 5.73 Å². The Balaban J connectivity index is 2.43. The fourth-order valence-corrected chi connectivity index (χ4v) is 1.60. The van der Waals surface area contributed by atoms with Gasteiger partial charge in [0, 0.05) is 0 Å². The van der Waals surface area contributed by atoms with E-state index < -0.39 is 23.0 Å². The van der Waals surface area contributed by atoms with Crippen molar-refractivity contribution in [2.45, 2.75) is 18.3 Å². The molecule has 0 aromatic heterocycles. The van der Waals surface area contributed by atoms with Crippen molar-refractivity contribution < 1.29 is 13.6 Å². The van der Waals surface area contributed by atoms with Gasteiger partial charge in [0.15, 0.2) is 11.6 Å². The van der Waals surface area contributed by atoms with Crippen molar-refractivity contribution in [2.24, 2.45) is 5.73 Å². The minimum Gasteiger partial charge on any atom is -0.369 e. The molecule has 4 heteroatoms. The highest BCUT2D eigenvalue weighted by Gasteiger charge is 2.50. The minimum absolute atomic E-state index is 0.469. The molecule has 0 aliphatic heterocycles. The van der Waals surface area contributed by atoms with Crippen LogP contribution in [0.2, 0.25) is 0 Å². The molecule has 2 nitrogen and oxygen atoms in total. The van der Waals surface area contributed by atoms with Crippen molar-refractivity contribution >= 4 is 5.91 Å². The lowest BCUT2D eigenvalue weighted by molar-refractivity contribution is -0.120. The molecule has 1 aromatic carbocycles. The Morgan fingerprint density at radius 2 is 1.93 bits per heavy atom. The number of halogens is 2. The first kappa shape index (κ1) is 9.12. The molecule has 2 rings (SSSR count). The molecular weight excluding hydrogens is 188 g/mol. The molecule has 0 radical (unpaired) electrons. The zero-order chi connectivity index (χ0) is 10.3. The van der Waals surface area contributed by atoms with Crippen LogP contribution in [-0.4, -0.2) is 5.91 Å². The Hall–Kier alpha value is -1.45. The summed E-state index contributed by atoms with van der Waals surface area (Å²) in [5, 5.41) is 0. The van der Waals surface area contributed by atoms with E-state index in [-0.39, 0.29) is 0 Å². The third-order valence-electron chi connectivity index (χ3n) is 2.69. The monoisotopic (exact) mass is 197 g/mol. The summed E-state index contributed by atoms with van der Waals surface area (Å²) in [5.41, 5.74) is 4.93. The van der Waals surface area contributed by atoms with E-state index in [2.05, 4.69) is 0 Å². The fraction of sp³-hybridized carbons (Fsp3) is 0.300. The number of carbonyl (C=O) groups excluding carboxylic acids is 1. The zero-order valence-electron chi connectivity index (χ0n) is 7.39. The van der Waals surface area contributed by atoms with E-state index in [0.717, 1.165) is 12.1 Å². The number of hydrogen-bond donors (Lipinski definition) is 1. The molecule has 0 spiro atoms. The third-order valence-corrected chi connectivity index (χ3v) is 2.69. The third kappa shape index (κ3) is 1.18. The molecule has 0 bridgehead atoms. The lowest BCUT2D eigenvalue weighted by Crippen LogP contribution is -2.28. The van der Waals surface area contributed by atoms with Gasteiger partial charge in [0.1, 0.15) is 0 Å². The first-order chi connectivity index (χ1) is 6.56. The van der Waals surface area contributed by atoms with Crippen molar-refractivity contribution in [2.75, 3.05) is 0 Å². The van der Waals surface area contributed by atoms with E-state index >= 15 is 0 Å². The van der Waals surface area contributed by atoms with Crippen molar-refractivity contribution in [1.29, 1.82) is 0 Å². The molecule has 1 aliphatic carbocycles. The molecule has 2 N–H and O–H groups in total. The lowest BCUT2D eigenvalue weighted by atomic mass is 9.95. The number of nitrogens with two attached hydrogens (primary N) is 1. The summed E-state index contributed by atoms with van der Waals surface area (Å²) in [5.74, 6) is -2.31. The number of primary amides is 1. The first-order valence-corrected chi connectivity index (χ1v) is 4.32. The predicted molar refractivity (Wildman–Crippen MR) is 46.5 cm³/mol. The van der Waals surface area contributed by atoms with Gasteiger partial charge < -0.3 is 5.73 Å². The van der Waals surface area contributed by atoms with Gasteiger partial charge in [0.05, 0.1) is 5.41 Å². The Labute approximate surface area is 79.7 Å². The fourth-order valence-electron chi connectivity index (χ4n) is 1.60. The second-order valence-electron chi connectivity index (χ2n) is 3.58. The maximum atomic E-state index is 12.9. The van der Waals surface area contributed by atoms with Crippen LogP contribution in [0.15, 0.2) is 18.2 Å². The van der Waals surface area contributed by atoms with E-state index in [9.17, 15) is 13.6 Å². The summed E-state index contributed by atoms with van der Waals surface area (Å²) in [6.07, 6.45) is 1.24. The molecule has 0 atom stereocenters. The summed E-state index contributed by atoms with van der Waals surface area (Å²) in [6.45, 7) is 0. The Morgan fingerprint density at radius 3 is 2.36 bits per heavy atom. The van der Waals surface area contributed by atoms with Crippen molar-refractivity contribution in [3.8, 4) is 0 Å². The van der Waals surface area contributed by atoms with Gasteiger partial charge in [-0.2, -0.15) is 0 Å². The molecule has 1 amide bonds. The molecule has 74 valence electrons. The Bertz CT molecular complexity index is 399. The highest BCUT2D eigenvalue weighted by molar-refractivity contribution is 5.89. The largest absolute Gasteiger partial charge is 0.369 e. The van der Waals surface area contributed by atoms with Gasteiger partial charge in [-0.1, -0.05) is 6.07 Å². The van der Waals surface area contributed by atoms with Gasteiger partial charge in [0.2, 0.25) is 5.91 Å². The highest BCUT2D eigenvalue weighted by Crippen LogP contribution is 2.48. The quantitative estimate of drug-likeness (QED) is 0.766. The van der Waals surface area contributed by atoms with Crippen LogP contribution in [0.4, 0.5) is 8.78 Å². The zero-order valence-corrected chi connectivity index (χ0v) is 7.39. The normalized spacial score (nSPS) is 17.9. The minimum atomic E-state index is -0.935. The lowest BCUT2D eigenvalue weighted by Gasteiger charge is -2.10. The van der Waals surface area contributed by atoms with E-state index in [1.54, 1.807) is 0 Å². The summed E-state index contributed by atoms with van der Waals surface area (Å²) in [4.78, 5) is 11.1. The summed E-state index contributed by atoms with van der Waals surface area (Å²) >= 11 is 0. The van der Waals surface area contributed by atoms with Crippen molar-refractivity contribution in [3.63, 3.8) is 0 Å². The first-order valence-electron chi connectivity index (χ1n) is 4.32. The van der Waals surface area contributed by atoms with Crippen LogP contribution in [0, 0.1) is 11.6 Å². The standard InChI is InChI=1S/C10H9F2NO/c11-7-2-1-6(5-8(7)12)10(3-4-10)9(13)14/h1-2,5H,3-4H2,(H2,13,14). The topological polar surface area (TPSA) is 43.1 Å². The number of hydrogen-bond acceptors (Lipinski definition) is 1. The SMILES string of the molecule is NC(=O)C1(c2ccc(F)c(F)c2)CC1. The molecule has 0 unspecified atom stereocenters. The Kier molecular flexibility index (Phi) is 1.80. The maximum absolute atomic E-state index is 12.9. The molecule has 1 fully saturated rings. The average Bonchev–Trinajstić information content (AvgIpc) is 2.90. The summed E-state index contributed by atoms with van der Waals surface area (Å²) in [6, 6.07) is 3.48. The molecule has 0 saturated heterocycles. The Morgan fingerprint density at radius 1 is 1.29 bits per heavy atom. The number of rotatable bonds is 2. The summed E-state index contributed by atoms with van der Waals surface area (Å²) in [7, 11) is 0. The smallest absolute Gasteiger partial charge is 0.228 e. The second-order valence-corrected chi connectivity index (χ2v) is 3.58. The van der Waals surface area contributed by atoms with Crippen LogP contribution in [0.5, 0.6) is 0 Å². The number of amides is 1. The molecule has 14 heavy (non-hydrogen) atoms. The van der Waals surface area contributed by atoms with Crippen molar-refractivity contribution in [1.82, 2.24) is 0 Å². The molecular formula is C10H9F2NO. The van der Waals surface area contributed by atoms with Crippen molar-refractivity contribution in [3.05, 3.63) is 35.4 Å². The second kappa shape index (κ2) is 2.77. The van der Waals surface area contributed by atoms with Crippen LogP contribution in [0.1, 0.15) is 18.4 Å². The molecule has 1 saturated carbocycles. The van der Waals surface area contributed by atoms with Gasteiger partial charge >= 0.3 is 0 Å². The van der Waals surface area contributed by atoms with E-state index in [1.807, 2.05) is 0 Å². The van der Waals surface area contributed by atoms with Gasteiger partial charge in [-0.05, 0) is 30.5 Å². The van der Waals surface area contributed by atoms with E-state index in [1.165, 1.54) is 6.07 Å². The van der Waals surface area contributed by atoms with E-state index in [4.69, 9.17) is 5.73 Å². The van der Waals surface area contributed by atoms with E-state index in [0.29, 0.717) is 18.4 Å². The molecule has 1 aliphatic rings. The highest BCUT2D eigenvalue weighted by atomic mass is 19.2. The van der Waals surface area contributed by atoms with Gasteiger partial charge in [-0.3, -0.25) is 4.79 Å². The molecule has 0 heterocycles. The average molecular weight is 197 g/mol. The van der Waals surface area contributed by atoms with Crippen LogP contribution >= 0.6 is 0 Å². The number of carbonyl (C=O) groups is 1. The van der Waals surface area contributed by atoms with Gasteiger partial charge in [0.25, 0.3) is 0 Å². The maximum Gasteiger partial charge on any atom is 0.228 e. The van der Waals surface area contributed by atoms with Crippen LogP contribution in [-0.2, 0) is 10.2 Å².